The van der Waals surface area contributed by atoms with Crippen molar-refractivity contribution in [2.24, 2.45) is 0 Å². The fraction of sp³-hybridized carbons (Fsp3) is 0.400. The summed E-state index contributed by atoms with van der Waals surface area (Å²) in [5, 5.41) is 0.331. The Morgan fingerprint density at radius 1 is 1.43 bits per heavy atom. The van der Waals surface area contributed by atoms with E-state index in [0.29, 0.717) is 17.4 Å². The molecule has 1 unspecified atom stereocenters. The highest BCUT2D eigenvalue weighted by molar-refractivity contribution is 6.30. The Bertz CT molecular complexity index is 304. The third-order valence-electron chi connectivity index (χ3n) is 1.99. The van der Waals surface area contributed by atoms with E-state index in [2.05, 4.69) is 0 Å². The lowest BCUT2D eigenvalue weighted by atomic mass is 10.3. The second-order valence-electron chi connectivity index (χ2n) is 3.17. The first-order chi connectivity index (χ1) is 6.74. The van der Waals surface area contributed by atoms with Crippen LogP contribution in [0.1, 0.15) is 12.8 Å². The second-order valence-corrected chi connectivity index (χ2v) is 3.60. The Labute approximate surface area is 86.6 Å². The third-order valence-corrected chi connectivity index (χ3v) is 2.21. The maximum atomic E-state index is 12.9. The fourth-order valence-corrected chi connectivity index (χ4v) is 1.60. The first-order valence-electron chi connectivity index (χ1n) is 4.48. The summed E-state index contributed by atoms with van der Waals surface area (Å²) < 4.78 is 23.5. The Hall–Kier alpha value is -0.800. The molecule has 2 nitrogen and oxygen atoms in total. The summed E-state index contributed by atoms with van der Waals surface area (Å²) in [4.78, 5) is 0. The van der Waals surface area contributed by atoms with Gasteiger partial charge in [0.15, 0.2) is 6.29 Å². The molecule has 0 aromatic heterocycles. The van der Waals surface area contributed by atoms with Gasteiger partial charge in [0.1, 0.15) is 11.6 Å². The molecule has 1 aromatic rings. The molecule has 2 rings (SSSR count). The Morgan fingerprint density at radius 2 is 2.29 bits per heavy atom. The monoisotopic (exact) mass is 216 g/mol. The average molecular weight is 217 g/mol. The molecule has 1 saturated heterocycles. The molecule has 1 aliphatic heterocycles. The minimum Gasteiger partial charge on any atom is -0.465 e. The van der Waals surface area contributed by atoms with Crippen LogP contribution in [-0.2, 0) is 4.74 Å². The third kappa shape index (κ3) is 2.36. The molecule has 1 heterocycles. The normalized spacial score (nSPS) is 21.1. The number of halogens is 2. The summed E-state index contributed by atoms with van der Waals surface area (Å²) in [6.45, 7) is 0.702. The van der Waals surface area contributed by atoms with Crippen LogP contribution in [-0.4, -0.2) is 12.9 Å². The van der Waals surface area contributed by atoms with Crippen molar-refractivity contribution in [3.63, 3.8) is 0 Å². The largest absolute Gasteiger partial charge is 0.465 e. The van der Waals surface area contributed by atoms with Gasteiger partial charge < -0.3 is 9.47 Å². The lowest BCUT2D eigenvalue weighted by molar-refractivity contribution is -0.0391. The van der Waals surface area contributed by atoms with Gasteiger partial charge in [0, 0.05) is 17.5 Å². The van der Waals surface area contributed by atoms with E-state index in [9.17, 15) is 4.39 Å². The molecule has 1 atom stereocenters. The number of rotatable bonds is 2. The van der Waals surface area contributed by atoms with Gasteiger partial charge in [-0.1, -0.05) is 11.6 Å². The molecule has 0 spiro atoms. The van der Waals surface area contributed by atoms with Gasteiger partial charge in [0.05, 0.1) is 6.61 Å². The van der Waals surface area contributed by atoms with E-state index in [1.165, 1.54) is 12.1 Å². The molecule has 1 aromatic carbocycles. The predicted octanol–water partition coefficient (Wildman–Crippen LogP) is 2.99. The van der Waals surface area contributed by atoms with Crippen molar-refractivity contribution in [1.82, 2.24) is 0 Å². The van der Waals surface area contributed by atoms with Gasteiger partial charge in [-0.3, -0.25) is 0 Å². The standard InChI is InChI=1S/C10H10ClFO2/c11-7-4-8(12)6-9(5-7)14-10-2-1-3-13-10/h4-6,10H,1-3H2. The summed E-state index contributed by atoms with van der Waals surface area (Å²) in [7, 11) is 0. The number of ether oxygens (including phenoxy) is 2. The zero-order valence-corrected chi connectivity index (χ0v) is 8.26. The molecule has 1 aliphatic rings. The SMILES string of the molecule is Fc1cc(Cl)cc(OC2CCCO2)c1. The maximum absolute atomic E-state index is 12.9. The van der Waals surface area contributed by atoms with Crippen LogP contribution in [0.3, 0.4) is 0 Å². The van der Waals surface area contributed by atoms with Crippen LogP contribution in [0.4, 0.5) is 4.39 Å². The van der Waals surface area contributed by atoms with Crippen LogP contribution < -0.4 is 4.74 Å². The van der Waals surface area contributed by atoms with Gasteiger partial charge in [-0.25, -0.2) is 4.39 Å². The molecule has 0 radical (unpaired) electrons. The summed E-state index contributed by atoms with van der Waals surface area (Å²) in [5.74, 6) is 0.0207. The Morgan fingerprint density at radius 3 is 2.93 bits per heavy atom. The Balaban J connectivity index is 2.07. The van der Waals surface area contributed by atoms with E-state index in [0.717, 1.165) is 12.8 Å². The van der Waals surface area contributed by atoms with Crippen molar-refractivity contribution in [1.29, 1.82) is 0 Å². The number of hydrogen-bond acceptors (Lipinski definition) is 2. The molecule has 0 saturated carbocycles. The highest BCUT2D eigenvalue weighted by atomic mass is 35.5. The maximum Gasteiger partial charge on any atom is 0.199 e. The summed E-state index contributed by atoms with van der Waals surface area (Å²) >= 11 is 5.67. The molecule has 0 bridgehead atoms. The van der Waals surface area contributed by atoms with E-state index < -0.39 is 5.82 Å². The summed E-state index contributed by atoms with van der Waals surface area (Å²) in [6, 6.07) is 4.11. The summed E-state index contributed by atoms with van der Waals surface area (Å²) in [6.07, 6.45) is 1.56. The molecular weight excluding hydrogens is 207 g/mol. The first-order valence-corrected chi connectivity index (χ1v) is 4.86. The van der Waals surface area contributed by atoms with Gasteiger partial charge >= 0.3 is 0 Å². The molecule has 4 heteroatoms. The van der Waals surface area contributed by atoms with Crippen LogP contribution in [0.5, 0.6) is 5.75 Å². The van der Waals surface area contributed by atoms with E-state index in [-0.39, 0.29) is 6.29 Å². The smallest absolute Gasteiger partial charge is 0.199 e. The van der Waals surface area contributed by atoms with E-state index in [1.54, 1.807) is 6.07 Å². The van der Waals surface area contributed by atoms with Crippen LogP contribution >= 0.6 is 11.6 Å². The van der Waals surface area contributed by atoms with Gasteiger partial charge in [0.25, 0.3) is 0 Å². The molecule has 14 heavy (non-hydrogen) atoms. The van der Waals surface area contributed by atoms with Gasteiger partial charge in [0.2, 0.25) is 0 Å². The highest BCUT2D eigenvalue weighted by Gasteiger charge is 2.17. The molecule has 0 N–H and O–H groups in total. The topological polar surface area (TPSA) is 18.5 Å². The first kappa shape index (κ1) is 9.74. The summed E-state index contributed by atoms with van der Waals surface area (Å²) in [5.41, 5.74) is 0. The second kappa shape index (κ2) is 4.15. The quantitative estimate of drug-likeness (QED) is 0.757. The molecule has 1 fully saturated rings. The minimum absolute atomic E-state index is 0.257. The highest BCUT2D eigenvalue weighted by Crippen LogP contribution is 2.23. The van der Waals surface area contributed by atoms with Crippen molar-refractivity contribution in [3.8, 4) is 5.75 Å². The molecular formula is C10H10ClFO2. The predicted molar refractivity (Wildman–Crippen MR) is 51.0 cm³/mol. The molecule has 0 amide bonds. The van der Waals surface area contributed by atoms with Gasteiger partial charge in [-0.2, -0.15) is 0 Å². The van der Waals surface area contributed by atoms with Crippen molar-refractivity contribution in [2.45, 2.75) is 19.1 Å². The number of benzene rings is 1. The lowest BCUT2D eigenvalue weighted by Crippen LogP contribution is -2.13. The van der Waals surface area contributed by atoms with Crippen molar-refractivity contribution >= 4 is 11.6 Å². The fourth-order valence-electron chi connectivity index (χ4n) is 1.39. The average Bonchev–Trinajstić information content (AvgIpc) is 2.54. The lowest BCUT2D eigenvalue weighted by Gasteiger charge is -2.12. The van der Waals surface area contributed by atoms with E-state index >= 15 is 0 Å². The van der Waals surface area contributed by atoms with E-state index in [1.807, 2.05) is 0 Å². The van der Waals surface area contributed by atoms with Crippen molar-refractivity contribution < 1.29 is 13.9 Å². The molecule has 0 aliphatic carbocycles. The van der Waals surface area contributed by atoms with Crippen LogP contribution in [0.25, 0.3) is 0 Å². The zero-order valence-electron chi connectivity index (χ0n) is 7.50. The van der Waals surface area contributed by atoms with E-state index in [4.69, 9.17) is 21.1 Å². The van der Waals surface area contributed by atoms with Crippen LogP contribution in [0, 0.1) is 5.82 Å². The Kier molecular flexibility index (Phi) is 2.89. The zero-order chi connectivity index (χ0) is 9.97. The van der Waals surface area contributed by atoms with Crippen molar-refractivity contribution in [2.75, 3.05) is 6.61 Å². The number of hydrogen-bond donors (Lipinski definition) is 0. The van der Waals surface area contributed by atoms with Crippen LogP contribution in [0.15, 0.2) is 18.2 Å². The van der Waals surface area contributed by atoms with Crippen LogP contribution in [0.2, 0.25) is 5.02 Å². The van der Waals surface area contributed by atoms with Gasteiger partial charge in [-0.05, 0) is 18.6 Å². The minimum atomic E-state index is -0.398. The van der Waals surface area contributed by atoms with Gasteiger partial charge in [-0.15, -0.1) is 0 Å². The van der Waals surface area contributed by atoms with Crippen molar-refractivity contribution in [3.05, 3.63) is 29.0 Å². The molecule has 76 valence electrons.